The molecule has 0 bridgehead atoms. The number of nitrogens with zero attached hydrogens (tertiary/aromatic N) is 9. The number of imidazole rings is 2. The molecule has 1 aromatic carbocycles. The lowest BCUT2D eigenvalue weighted by molar-refractivity contribution is -0.137. The fraction of sp³-hybridized carbons (Fsp3) is 0.490. The molecule has 0 radical (unpaired) electrons. The SMILES string of the molecule is CC(C)[C@H](NC(=O)CCN1C(=O)C=CC1=O)C(=O)N[C@@H](CCCNC(N)=O)C(=O)Nc1ccc(COC(=O)NCCCNc2ncnc3c2ncn3[C@@H]2O[C@@H]3COP(O)(=S)O[C@H]4[C@@H](F)[C@H](n5cnc6c(N)ncnc65)O[C@@H]4COP(=O)(S)O[C@H]3[C@H]2F)cc1. The maximum absolute atomic E-state index is 16.7. The summed E-state index contributed by atoms with van der Waals surface area (Å²) < 4.78 is 88.8. The van der Waals surface area contributed by atoms with E-state index < -0.39 is 136 Å². The number of amides is 8. The van der Waals surface area contributed by atoms with E-state index in [-0.39, 0.29) is 86.0 Å². The second-order valence-electron chi connectivity index (χ2n) is 20.5. The Bertz CT molecular complexity index is 3540. The molecule has 4 aliphatic heterocycles. The molecule has 0 spiro atoms. The number of alkyl carbamates (subject to hydrolysis) is 1. The second-order valence-corrected chi connectivity index (χ2v) is 26.1. The van der Waals surface area contributed by atoms with E-state index in [1.807, 2.05) is 0 Å². The standard InChI is InChI=1S/C49H61F2N17O16P2S2/c1-24(2)35(65-30(69)12-16-66-31(70)10-11-32(66)71)45(73)64-27(5-3-13-55-48(53)74)44(72)63-26-8-6-25(7-9-26)17-78-49(75)56-15-4-14-54-41-37-43(60-21-58-41)68(23-62-37)47-34(51)39-29(82-47)19-80-85(76,87)83-38-28(18-79-86(77,88)84-39)81-46(33(38)50)67-22-61-36-40(52)57-20-59-42(36)67/h6-11,20-24,27-29,33-35,38-39,46-47H,3-5,12-19H2,1-2H3,(H,56,75)(H,63,72)(H,64,73)(H,65,69)(H,76,87)(H,77,88)(H2,52,57,59)(H3,53,55,74)(H,54,58,60)/t27-,28+,29+,33+,34+,35-,38+,39+,46+,47+,85?,86?/m0/s1. The number of carbonyl (C=O) groups excluding carboxylic acids is 7. The first-order valence-corrected chi connectivity index (χ1v) is 32.5. The highest BCUT2D eigenvalue weighted by Gasteiger charge is 2.54. The summed E-state index contributed by atoms with van der Waals surface area (Å²) in [6, 6.07) is 3.30. The summed E-state index contributed by atoms with van der Waals surface area (Å²) in [7, 11) is 0. The number of hydrogen-bond acceptors (Lipinski definition) is 24. The molecule has 3 saturated heterocycles. The summed E-state index contributed by atoms with van der Waals surface area (Å²) in [4.78, 5) is 125. The van der Waals surface area contributed by atoms with Crippen LogP contribution in [0.3, 0.4) is 0 Å². The molecule has 0 saturated carbocycles. The number of primary amides is 1. The fourth-order valence-corrected chi connectivity index (χ4v) is 12.5. The quantitative estimate of drug-likeness (QED) is 0.0204. The van der Waals surface area contributed by atoms with Crippen LogP contribution in [0.2, 0.25) is 0 Å². The minimum atomic E-state index is -4.52. The van der Waals surface area contributed by atoms with Gasteiger partial charge in [0.25, 0.3) is 11.8 Å². The molecule has 4 aromatic heterocycles. The highest BCUT2D eigenvalue weighted by molar-refractivity contribution is 8.44. The van der Waals surface area contributed by atoms with Crippen molar-refractivity contribution in [2.24, 2.45) is 11.7 Å². The number of thiol groups is 1. The maximum atomic E-state index is 16.7. The number of ether oxygens (including phenoxy) is 3. The second kappa shape index (κ2) is 28.4. The predicted molar refractivity (Wildman–Crippen MR) is 310 cm³/mol. The van der Waals surface area contributed by atoms with Crippen molar-refractivity contribution >= 4 is 119 Å². The van der Waals surface area contributed by atoms with Gasteiger partial charge in [0.05, 0.1) is 25.9 Å². The molecular weight excluding hydrogens is 1250 g/mol. The molecule has 8 amide bonds. The molecule has 8 heterocycles. The van der Waals surface area contributed by atoms with Crippen molar-refractivity contribution < 1.29 is 84.1 Å². The predicted octanol–water partition coefficient (Wildman–Crippen LogP) is 1.85. The first kappa shape index (κ1) is 65.0. The van der Waals surface area contributed by atoms with Crippen molar-refractivity contribution in [1.29, 1.82) is 0 Å². The van der Waals surface area contributed by atoms with E-state index in [9.17, 15) is 43.0 Å². The molecule has 39 heteroatoms. The van der Waals surface area contributed by atoms with E-state index in [1.165, 1.54) is 28.1 Å². The van der Waals surface area contributed by atoms with Crippen molar-refractivity contribution in [3.05, 3.63) is 67.3 Å². The third-order valence-corrected chi connectivity index (χ3v) is 17.2. The van der Waals surface area contributed by atoms with Crippen LogP contribution in [0.25, 0.3) is 22.3 Å². The zero-order chi connectivity index (χ0) is 63.0. The number of halogens is 2. The lowest BCUT2D eigenvalue weighted by atomic mass is 10.0. The molecule has 474 valence electrons. The third-order valence-electron chi connectivity index (χ3n) is 14.0. The summed E-state index contributed by atoms with van der Waals surface area (Å²) in [6.45, 7) is -6.79. The highest BCUT2D eigenvalue weighted by atomic mass is 32.7. The molecule has 33 nitrogen and oxygen atoms in total. The van der Waals surface area contributed by atoms with Crippen LogP contribution in [0.1, 0.15) is 57.6 Å². The number of hydrogen-bond donors (Lipinski definition) is 10. The molecule has 0 aliphatic carbocycles. The number of nitrogens with two attached hydrogens (primary N) is 2. The number of imide groups is 1. The van der Waals surface area contributed by atoms with Crippen LogP contribution >= 0.6 is 25.8 Å². The van der Waals surface area contributed by atoms with Crippen LogP contribution in [-0.2, 0) is 79.3 Å². The van der Waals surface area contributed by atoms with E-state index >= 15 is 8.78 Å². The van der Waals surface area contributed by atoms with E-state index in [0.717, 1.165) is 23.4 Å². The highest BCUT2D eigenvalue weighted by Crippen LogP contribution is 2.59. The average molecular weight is 1310 g/mol. The maximum Gasteiger partial charge on any atom is 0.407 e. The summed E-state index contributed by atoms with van der Waals surface area (Å²) in [5.41, 5.74) is 12.5. The third kappa shape index (κ3) is 15.9. The number of nitrogen functional groups attached to an aromatic ring is 1. The van der Waals surface area contributed by atoms with Gasteiger partial charge in [-0.2, -0.15) is 0 Å². The number of carbonyl (C=O) groups is 7. The number of alkyl halides is 2. The first-order chi connectivity index (χ1) is 42.0. The molecule has 88 heavy (non-hydrogen) atoms. The normalized spacial score (nSPS) is 26.1. The summed E-state index contributed by atoms with van der Waals surface area (Å²) in [5, 5.41) is 16.2. The minimum absolute atomic E-state index is 0.0211. The van der Waals surface area contributed by atoms with Gasteiger partial charge in [-0.25, -0.2) is 52.8 Å². The number of rotatable bonds is 22. The number of aromatic nitrogens is 8. The first-order valence-electron chi connectivity index (χ1n) is 27.2. The Labute approximate surface area is 508 Å². The van der Waals surface area contributed by atoms with Crippen molar-refractivity contribution in [1.82, 2.24) is 65.2 Å². The molecule has 9 rings (SSSR count). The van der Waals surface area contributed by atoms with Crippen LogP contribution in [-0.4, -0.2) is 179 Å². The summed E-state index contributed by atoms with van der Waals surface area (Å²) in [6.07, 6.45) is -6.87. The van der Waals surface area contributed by atoms with Crippen LogP contribution < -0.4 is 43.4 Å². The van der Waals surface area contributed by atoms with Gasteiger partial charge in [-0.1, -0.05) is 38.2 Å². The Morgan fingerprint density at radius 2 is 1.43 bits per heavy atom. The molecule has 5 aromatic rings. The topological polar surface area (TPSA) is 436 Å². The minimum Gasteiger partial charge on any atom is -0.445 e. The van der Waals surface area contributed by atoms with Crippen LogP contribution in [0.15, 0.2) is 61.7 Å². The lowest BCUT2D eigenvalue weighted by Gasteiger charge is -2.29. The molecule has 3 fully saturated rings. The Kier molecular flexibility index (Phi) is 21.0. The van der Waals surface area contributed by atoms with Crippen molar-refractivity contribution in [2.45, 2.75) is 107 Å². The van der Waals surface area contributed by atoms with Gasteiger partial charge in [-0.15, -0.1) is 0 Å². The van der Waals surface area contributed by atoms with Gasteiger partial charge in [0.2, 0.25) is 17.7 Å². The number of benzene rings is 1. The Morgan fingerprint density at radius 1 is 0.818 bits per heavy atom. The largest absolute Gasteiger partial charge is 0.445 e. The van der Waals surface area contributed by atoms with Gasteiger partial charge in [0, 0.05) is 50.4 Å². The Morgan fingerprint density at radius 3 is 2.09 bits per heavy atom. The monoisotopic (exact) mass is 1310 g/mol. The summed E-state index contributed by atoms with van der Waals surface area (Å²) in [5.74, 6) is -3.19. The van der Waals surface area contributed by atoms with Crippen molar-refractivity contribution in [2.75, 3.05) is 55.8 Å². The molecular formula is C49H61F2N17O16P2S2. The number of fused-ring (bicyclic) bond motifs is 4. The van der Waals surface area contributed by atoms with Gasteiger partial charge in [0.15, 0.2) is 53.2 Å². The Balaban J connectivity index is 0.731. The molecule has 11 N–H and O–H groups in total. The van der Waals surface area contributed by atoms with Crippen molar-refractivity contribution in [3.63, 3.8) is 0 Å². The van der Waals surface area contributed by atoms with Gasteiger partial charge in [-0.05, 0) is 54.7 Å². The lowest BCUT2D eigenvalue weighted by Crippen LogP contribution is -2.54. The number of anilines is 3. The van der Waals surface area contributed by atoms with Crippen LogP contribution in [0.4, 0.5) is 35.7 Å². The van der Waals surface area contributed by atoms with Gasteiger partial charge >= 0.3 is 25.6 Å². The van der Waals surface area contributed by atoms with E-state index in [1.54, 1.807) is 38.1 Å². The molecule has 4 aliphatic rings. The van der Waals surface area contributed by atoms with Crippen LogP contribution in [0.5, 0.6) is 0 Å². The van der Waals surface area contributed by atoms with E-state index in [4.69, 9.17) is 55.6 Å². The number of urea groups is 1. The van der Waals surface area contributed by atoms with E-state index in [2.05, 4.69) is 74.1 Å². The average Bonchev–Trinajstić information content (AvgIpc) is 2.01. The zero-order valence-corrected chi connectivity index (χ0v) is 50.2. The molecule has 2 unspecified atom stereocenters. The summed E-state index contributed by atoms with van der Waals surface area (Å²) >= 11 is 9.33. The van der Waals surface area contributed by atoms with Gasteiger partial charge in [-0.3, -0.25) is 51.6 Å². The fourth-order valence-electron chi connectivity index (χ4n) is 9.58. The van der Waals surface area contributed by atoms with Gasteiger partial charge < -0.3 is 67.0 Å². The smallest absolute Gasteiger partial charge is 0.407 e. The Hall–Kier alpha value is -7.44. The number of nitrogens with one attached hydrogen (secondary N) is 6. The molecule has 12 atom stereocenters. The van der Waals surface area contributed by atoms with Gasteiger partial charge in [0.1, 0.15) is 61.3 Å². The van der Waals surface area contributed by atoms with Crippen molar-refractivity contribution in [3.8, 4) is 0 Å². The van der Waals surface area contributed by atoms with E-state index in [0.29, 0.717) is 17.7 Å². The zero-order valence-electron chi connectivity index (χ0n) is 46.7. The van der Waals surface area contributed by atoms with Crippen LogP contribution in [0, 0.1) is 5.92 Å².